The van der Waals surface area contributed by atoms with Crippen LogP contribution in [0.3, 0.4) is 0 Å². The Morgan fingerprint density at radius 1 is 0.889 bits per heavy atom. The first-order chi connectivity index (χ1) is 8.81. The van der Waals surface area contributed by atoms with Crippen molar-refractivity contribution in [2.75, 3.05) is 0 Å². The van der Waals surface area contributed by atoms with Crippen LogP contribution in [0.25, 0.3) is 0 Å². The lowest BCUT2D eigenvalue weighted by Crippen LogP contribution is -2.49. The Balaban J connectivity index is 1.59. The molecule has 4 aliphatic rings. The number of rotatable bonds is 2. The molecule has 0 aromatic heterocycles. The highest BCUT2D eigenvalue weighted by molar-refractivity contribution is 5.79. The lowest BCUT2D eigenvalue weighted by Gasteiger charge is -2.54. The normalized spacial score (nSPS) is 41.7. The molecule has 18 heavy (non-hydrogen) atoms. The molecule has 0 spiro atoms. The fraction of sp³-hybridized carbons (Fsp3) is 0.588. The molecule has 5 rings (SSSR count). The zero-order valence-electron chi connectivity index (χ0n) is 10.9. The molecule has 1 nitrogen and oxygen atoms in total. The average Bonchev–Trinajstić information content (AvgIpc) is 2.36. The van der Waals surface area contributed by atoms with Gasteiger partial charge in [-0.3, -0.25) is 4.99 Å². The summed E-state index contributed by atoms with van der Waals surface area (Å²) in [6.45, 7) is 0. The second kappa shape index (κ2) is 3.94. The standard InChI is InChI=1S/C17H21N/c1-2-4-13(5-3-1)12-18-17-9-14-6-15(10-17)8-16(7-14)11-17/h1-5,12,14-16H,6-11H2. The molecule has 0 aliphatic heterocycles. The maximum atomic E-state index is 5.06. The molecule has 0 unspecified atom stereocenters. The lowest BCUT2D eigenvalue weighted by atomic mass is 9.53. The summed E-state index contributed by atoms with van der Waals surface area (Å²) in [5.41, 5.74) is 1.58. The van der Waals surface area contributed by atoms with E-state index in [2.05, 4.69) is 36.5 Å². The van der Waals surface area contributed by atoms with Gasteiger partial charge in [0.15, 0.2) is 0 Å². The number of hydrogen-bond donors (Lipinski definition) is 0. The van der Waals surface area contributed by atoms with Crippen molar-refractivity contribution in [1.82, 2.24) is 0 Å². The molecule has 0 saturated heterocycles. The Labute approximate surface area is 109 Å². The van der Waals surface area contributed by atoms with Gasteiger partial charge in [-0.1, -0.05) is 30.3 Å². The Bertz CT molecular complexity index is 424. The smallest absolute Gasteiger partial charge is 0.0616 e. The van der Waals surface area contributed by atoms with Gasteiger partial charge in [-0.2, -0.15) is 0 Å². The maximum Gasteiger partial charge on any atom is 0.0616 e. The fourth-order valence-electron chi connectivity index (χ4n) is 4.97. The zero-order chi connectivity index (χ0) is 12.0. The third-order valence-corrected chi connectivity index (χ3v) is 5.29. The van der Waals surface area contributed by atoms with E-state index in [0.29, 0.717) is 5.54 Å². The summed E-state index contributed by atoms with van der Waals surface area (Å²) in [6, 6.07) is 10.6. The minimum Gasteiger partial charge on any atom is -0.286 e. The van der Waals surface area contributed by atoms with E-state index in [4.69, 9.17) is 4.99 Å². The highest BCUT2D eigenvalue weighted by atomic mass is 14.9. The summed E-state index contributed by atoms with van der Waals surface area (Å²) in [7, 11) is 0. The summed E-state index contributed by atoms with van der Waals surface area (Å²) in [6.07, 6.45) is 10.7. The Hall–Kier alpha value is -1.11. The van der Waals surface area contributed by atoms with Crippen LogP contribution in [0.5, 0.6) is 0 Å². The van der Waals surface area contributed by atoms with E-state index >= 15 is 0 Å². The van der Waals surface area contributed by atoms with Crippen molar-refractivity contribution in [3.8, 4) is 0 Å². The van der Waals surface area contributed by atoms with Crippen molar-refractivity contribution in [2.24, 2.45) is 22.7 Å². The van der Waals surface area contributed by atoms with Gasteiger partial charge in [-0.05, 0) is 61.8 Å². The molecular formula is C17H21N. The molecule has 0 amide bonds. The van der Waals surface area contributed by atoms with Crippen molar-refractivity contribution in [3.05, 3.63) is 35.9 Å². The first-order valence-corrected chi connectivity index (χ1v) is 7.42. The molecule has 4 fully saturated rings. The number of aliphatic imine (C=N–C) groups is 1. The van der Waals surface area contributed by atoms with Gasteiger partial charge in [0, 0.05) is 6.21 Å². The van der Waals surface area contributed by atoms with Crippen molar-refractivity contribution in [1.29, 1.82) is 0 Å². The molecule has 4 aliphatic carbocycles. The van der Waals surface area contributed by atoms with Crippen molar-refractivity contribution in [3.63, 3.8) is 0 Å². The van der Waals surface area contributed by atoms with Crippen LogP contribution in [0.2, 0.25) is 0 Å². The van der Waals surface area contributed by atoms with Crippen LogP contribution in [0.15, 0.2) is 35.3 Å². The number of hydrogen-bond acceptors (Lipinski definition) is 1. The molecule has 94 valence electrons. The van der Waals surface area contributed by atoms with Gasteiger partial charge in [0.25, 0.3) is 0 Å². The van der Waals surface area contributed by atoms with E-state index in [1.54, 1.807) is 0 Å². The van der Waals surface area contributed by atoms with E-state index in [1.165, 1.54) is 44.1 Å². The summed E-state index contributed by atoms with van der Waals surface area (Å²) in [5.74, 6) is 2.97. The highest BCUT2D eigenvalue weighted by Crippen LogP contribution is 2.57. The third-order valence-electron chi connectivity index (χ3n) is 5.29. The van der Waals surface area contributed by atoms with E-state index < -0.39 is 0 Å². The summed E-state index contributed by atoms with van der Waals surface area (Å²) < 4.78 is 0. The Morgan fingerprint density at radius 2 is 1.44 bits per heavy atom. The molecule has 1 aromatic carbocycles. The molecule has 0 heterocycles. The third kappa shape index (κ3) is 1.81. The van der Waals surface area contributed by atoms with Crippen molar-refractivity contribution < 1.29 is 0 Å². The van der Waals surface area contributed by atoms with E-state index in [1.807, 2.05) is 0 Å². The second-order valence-electron chi connectivity index (χ2n) is 6.81. The average molecular weight is 239 g/mol. The van der Waals surface area contributed by atoms with Gasteiger partial charge in [-0.15, -0.1) is 0 Å². The zero-order valence-corrected chi connectivity index (χ0v) is 10.9. The van der Waals surface area contributed by atoms with Crippen LogP contribution in [-0.2, 0) is 0 Å². The van der Waals surface area contributed by atoms with E-state index in [9.17, 15) is 0 Å². The van der Waals surface area contributed by atoms with Gasteiger partial charge in [0.2, 0.25) is 0 Å². The maximum absolute atomic E-state index is 5.06. The van der Waals surface area contributed by atoms with Gasteiger partial charge in [0.05, 0.1) is 5.54 Å². The van der Waals surface area contributed by atoms with Gasteiger partial charge < -0.3 is 0 Å². The van der Waals surface area contributed by atoms with Crippen LogP contribution in [0.1, 0.15) is 44.1 Å². The van der Waals surface area contributed by atoms with Crippen LogP contribution in [-0.4, -0.2) is 11.8 Å². The van der Waals surface area contributed by atoms with Gasteiger partial charge >= 0.3 is 0 Å². The van der Waals surface area contributed by atoms with E-state index in [0.717, 1.165) is 17.8 Å². The van der Waals surface area contributed by atoms with Crippen LogP contribution >= 0.6 is 0 Å². The predicted octanol–water partition coefficient (Wildman–Crippen LogP) is 4.07. The summed E-state index contributed by atoms with van der Waals surface area (Å²) >= 11 is 0. The SMILES string of the molecule is C(=NC12CC3CC(CC(C3)C1)C2)c1ccccc1. The molecular weight excluding hydrogens is 218 g/mol. The minimum atomic E-state index is 0.324. The number of benzene rings is 1. The van der Waals surface area contributed by atoms with Gasteiger partial charge in [0.1, 0.15) is 0 Å². The fourth-order valence-corrected chi connectivity index (χ4v) is 4.97. The van der Waals surface area contributed by atoms with Gasteiger partial charge in [-0.25, -0.2) is 0 Å². The van der Waals surface area contributed by atoms with E-state index in [-0.39, 0.29) is 0 Å². The summed E-state index contributed by atoms with van der Waals surface area (Å²) in [5, 5.41) is 0. The summed E-state index contributed by atoms with van der Waals surface area (Å²) in [4.78, 5) is 5.06. The molecule has 0 radical (unpaired) electrons. The van der Waals surface area contributed by atoms with Crippen molar-refractivity contribution >= 4 is 6.21 Å². The molecule has 1 aromatic rings. The number of nitrogens with zero attached hydrogens (tertiary/aromatic N) is 1. The van der Waals surface area contributed by atoms with Crippen LogP contribution < -0.4 is 0 Å². The predicted molar refractivity (Wildman–Crippen MR) is 74.9 cm³/mol. The van der Waals surface area contributed by atoms with Crippen LogP contribution in [0.4, 0.5) is 0 Å². The largest absolute Gasteiger partial charge is 0.286 e. The molecule has 0 atom stereocenters. The first-order valence-electron chi connectivity index (χ1n) is 7.42. The minimum absolute atomic E-state index is 0.324. The molecule has 4 saturated carbocycles. The Kier molecular flexibility index (Phi) is 2.36. The Morgan fingerprint density at radius 3 is 2.00 bits per heavy atom. The topological polar surface area (TPSA) is 12.4 Å². The van der Waals surface area contributed by atoms with Crippen LogP contribution in [0, 0.1) is 17.8 Å². The molecule has 4 bridgehead atoms. The second-order valence-corrected chi connectivity index (χ2v) is 6.81. The first kappa shape index (κ1) is 10.8. The highest BCUT2D eigenvalue weighted by Gasteiger charge is 2.50. The van der Waals surface area contributed by atoms with Crippen molar-refractivity contribution in [2.45, 2.75) is 44.1 Å². The molecule has 1 heteroatoms. The quantitative estimate of drug-likeness (QED) is 0.690. The lowest BCUT2D eigenvalue weighted by molar-refractivity contribution is 0.00195. The molecule has 0 N–H and O–H groups in total. The monoisotopic (exact) mass is 239 g/mol.